The van der Waals surface area contributed by atoms with E-state index >= 15 is 0 Å². The topological polar surface area (TPSA) is 49.5 Å². The molecule has 1 fully saturated rings. The van der Waals surface area contributed by atoms with Crippen LogP contribution < -0.4 is 8.85 Å². The molecule has 1 unspecified atom stereocenters. The van der Waals surface area contributed by atoms with Gasteiger partial charge in [-0.15, -0.1) is 0 Å². The van der Waals surface area contributed by atoms with Crippen molar-refractivity contribution < 1.29 is 22.8 Å². The molecule has 0 saturated carbocycles. The van der Waals surface area contributed by atoms with E-state index in [1.165, 1.54) is 0 Å². The second kappa shape index (κ2) is 10.2. The highest BCUT2D eigenvalue weighted by atomic mass is 28.3. The minimum atomic E-state index is -2.31. The highest BCUT2D eigenvalue weighted by Crippen LogP contribution is 2.15. The van der Waals surface area contributed by atoms with Crippen molar-refractivity contribution in [2.75, 3.05) is 26.4 Å². The predicted molar refractivity (Wildman–Crippen MR) is 97.0 cm³/mol. The molecule has 0 N–H and O–H groups in total. The molecule has 0 aromatic heterocycles. The highest BCUT2D eigenvalue weighted by molar-refractivity contribution is 6.38. The van der Waals surface area contributed by atoms with E-state index in [0.717, 1.165) is 37.6 Å². The maximum absolute atomic E-state index is 5.93. The summed E-state index contributed by atoms with van der Waals surface area (Å²) in [6.07, 6.45) is 2.18. The van der Waals surface area contributed by atoms with Gasteiger partial charge in [-0.2, -0.15) is 0 Å². The summed E-state index contributed by atoms with van der Waals surface area (Å²) in [6.45, 7) is 2.87. The largest absolute Gasteiger partial charge is 0.615 e. The maximum atomic E-state index is 5.93. The Hall–Kier alpha value is -1.86. The van der Waals surface area contributed by atoms with Gasteiger partial charge in [0, 0.05) is 13.2 Å². The van der Waals surface area contributed by atoms with E-state index in [9.17, 15) is 0 Å². The van der Waals surface area contributed by atoms with Gasteiger partial charge in [0.25, 0.3) is 0 Å². The van der Waals surface area contributed by atoms with Crippen molar-refractivity contribution in [1.29, 1.82) is 0 Å². The molecular weight excluding hydrogens is 336 g/mol. The molecule has 3 rings (SSSR count). The number of hydrogen-bond acceptors (Lipinski definition) is 5. The summed E-state index contributed by atoms with van der Waals surface area (Å²) in [7, 11) is -2.31. The minimum absolute atomic E-state index is 0.326. The van der Waals surface area contributed by atoms with Gasteiger partial charge < -0.3 is 22.8 Å². The summed E-state index contributed by atoms with van der Waals surface area (Å²) >= 11 is 0. The summed E-state index contributed by atoms with van der Waals surface area (Å²) in [5.74, 6) is 1.53. The van der Waals surface area contributed by atoms with Crippen LogP contribution in [-0.2, 0) is 13.9 Å². The van der Waals surface area contributed by atoms with Crippen LogP contribution in [0.15, 0.2) is 60.7 Å². The maximum Gasteiger partial charge on any atom is 0.615 e. The molecule has 134 valence electrons. The van der Waals surface area contributed by atoms with Crippen molar-refractivity contribution in [3.63, 3.8) is 0 Å². The number of ether oxygens (including phenoxy) is 2. The third-order valence-corrected chi connectivity index (χ3v) is 5.03. The molecule has 25 heavy (non-hydrogen) atoms. The van der Waals surface area contributed by atoms with Crippen LogP contribution in [0, 0.1) is 0 Å². The number of unbranched alkanes of at least 4 members (excludes halogenated alkanes) is 1. The van der Waals surface area contributed by atoms with Crippen molar-refractivity contribution in [3.8, 4) is 11.5 Å². The van der Waals surface area contributed by atoms with Gasteiger partial charge >= 0.3 is 9.53 Å². The number of hydrogen-bond donors (Lipinski definition) is 0. The fourth-order valence-corrected chi connectivity index (χ4v) is 3.48. The summed E-state index contributed by atoms with van der Waals surface area (Å²) < 4.78 is 28.4. The van der Waals surface area contributed by atoms with Gasteiger partial charge in [-0.25, -0.2) is 0 Å². The molecule has 6 heteroatoms. The van der Waals surface area contributed by atoms with Crippen molar-refractivity contribution in [2.45, 2.75) is 18.9 Å². The second-order valence-electron chi connectivity index (χ2n) is 5.76. The van der Waals surface area contributed by atoms with Crippen molar-refractivity contribution in [3.05, 3.63) is 60.7 Å². The van der Waals surface area contributed by atoms with E-state index in [1.54, 1.807) is 0 Å². The van der Waals surface area contributed by atoms with Crippen LogP contribution in [0.25, 0.3) is 0 Å². The zero-order valence-electron chi connectivity index (χ0n) is 14.2. The van der Waals surface area contributed by atoms with Gasteiger partial charge in [-0.1, -0.05) is 36.4 Å². The van der Waals surface area contributed by atoms with Gasteiger partial charge in [0.1, 0.15) is 17.6 Å². The standard InChI is InChI=1S/C19H24O5Si/c1-3-9-17(10-4-1)23-25(24-18-11-5-2-6-12-18)22-14-8-7-13-20-15-19-16-21-19/h1-6,9-12,19,25H,7-8,13-16H2. The first-order chi connectivity index (χ1) is 12.4. The zero-order chi connectivity index (χ0) is 17.2. The van der Waals surface area contributed by atoms with Gasteiger partial charge in [0.15, 0.2) is 0 Å². The first kappa shape index (κ1) is 17.9. The van der Waals surface area contributed by atoms with Crippen LogP contribution in [0.3, 0.4) is 0 Å². The third-order valence-electron chi connectivity index (χ3n) is 3.59. The fourth-order valence-electron chi connectivity index (χ4n) is 2.18. The number of para-hydroxylation sites is 2. The fraction of sp³-hybridized carbons (Fsp3) is 0.368. The quantitative estimate of drug-likeness (QED) is 0.331. The summed E-state index contributed by atoms with van der Waals surface area (Å²) in [5, 5.41) is 0. The van der Waals surface area contributed by atoms with E-state index < -0.39 is 9.53 Å². The van der Waals surface area contributed by atoms with Crippen molar-refractivity contribution >= 4 is 9.53 Å². The molecule has 1 aliphatic heterocycles. The SMILES string of the molecule is c1ccc(O[SiH](OCCCCOCC2CO2)Oc2ccccc2)cc1. The highest BCUT2D eigenvalue weighted by Gasteiger charge is 2.22. The van der Waals surface area contributed by atoms with Crippen LogP contribution in [0.1, 0.15) is 12.8 Å². The van der Waals surface area contributed by atoms with Crippen LogP contribution in [0.2, 0.25) is 0 Å². The molecule has 1 heterocycles. The van der Waals surface area contributed by atoms with Crippen molar-refractivity contribution in [1.82, 2.24) is 0 Å². The average Bonchev–Trinajstić information content (AvgIpc) is 3.47. The molecule has 0 amide bonds. The Morgan fingerprint density at radius 2 is 1.40 bits per heavy atom. The Balaban J connectivity index is 1.40. The van der Waals surface area contributed by atoms with E-state index in [2.05, 4.69) is 0 Å². The lowest BCUT2D eigenvalue weighted by atomic mass is 10.3. The molecule has 0 spiro atoms. The Labute approximate surface area is 150 Å². The molecule has 1 aliphatic rings. The lowest BCUT2D eigenvalue weighted by molar-refractivity contribution is 0.107. The summed E-state index contributed by atoms with van der Waals surface area (Å²) in [4.78, 5) is 0. The predicted octanol–water partition coefficient (Wildman–Crippen LogP) is 3.07. The molecular formula is C19H24O5Si. The summed E-state index contributed by atoms with van der Waals surface area (Å²) in [6, 6.07) is 19.3. The molecule has 2 aromatic carbocycles. The first-order valence-electron chi connectivity index (χ1n) is 8.64. The normalized spacial score (nSPS) is 16.0. The first-order valence-corrected chi connectivity index (χ1v) is 10.1. The molecule has 5 nitrogen and oxygen atoms in total. The Kier molecular flexibility index (Phi) is 7.32. The van der Waals surface area contributed by atoms with Gasteiger partial charge in [0.2, 0.25) is 0 Å². The molecule has 0 aliphatic carbocycles. The van der Waals surface area contributed by atoms with Crippen LogP contribution in [0.4, 0.5) is 0 Å². The molecule has 1 atom stereocenters. The number of rotatable bonds is 12. The number of epoxide rings is 1. The summed E-state index contributed by atoms with van der Waals surface area (Å²) in [5.41, 5.74) is 0. The molecule has 2 aromatic rings. The van der Waals surface area contributed by atoms with E-state index in [0.29, 0.717) is 19.3 Å². The Morgan fingerprint density at radius 1 is 0.840 bits per heavy atom. The monoisotopic (exact) mass is 360 g/mol. The van der Waals surface area contributed by atoms with E-state index in [1.807, 2.05) is 60.7 Å². The van der Waals surface area contributed by atoms with Crippen LogP contribution in [0.5, 0.6) is 11.5 Å². The van der Waals surface area contributed by atoms with E-state index in [-0.39, 0.29) is 0 Å². The lowest BCUT2D eigenvalue weighted by Gasteiger charge is -2.18. The van der Waals surface area contributed by atoms with Crippen LogP contribution >= 0.6 is 0 Å². The Bertz CT molecular complexity index is 550. The minimum Gasteiger partial charge on any atom is -0.494 e. The Morgan fingerprint density at radius 3 is 1.96 bits per heavy atom. The molecule has 0 bridgehead atoms. The zero-order valence-corrected chi connectivity index (χ0v) is 15.4. The second-order valence-corrected chi connectivity index (χ2v) is 7.14. The van der Waals surface area contributed by atoms with Gasteiger partial charge in [-0.3, -0.25) is 0 Å². The van der Waals surface area contributed by atoms with Gasteiger partial charge in [-0.05, 0) is 37.1 Å². The number of benzene rings is 2. The van der Waals surface area contributed by atoms with Gasteiger partial charge in [0.05, 0.1) is 13.2 Å². The third kappa shape index (κ3) is 7.27. The van der Waals surface area contributed by atoms with E-state index in [4.69, 9.17) is 22.8 Å². The molecule has 1 saturated heterocycles. The lowest BCUT2D eigenvalue weighted by Crippen LogP contribution is -2.34. The van der Waals surface area contributed by atoms with Crippen LogP contribution in [-0.4, -0.2) is 42.1 Å². The van der Waals surface area contributed by atoms with Crippen molar-refractivity contribution in [2.24, 2.45) is 0 Å². The molecule has 0 radical (unpaired) electrons. The smallest absolute Gasteiger partial charge is 0.494 e. The average molecular weight is 360 g/mol.